The number of ether oxygens (including phenoxy) is 1. The lowest BCUT2D eigenvalue weighted by Gasteiger charge is -2.36. The minimum Gasteiger partial charge on any atom is -0.375 e. The molecule has 0 bridgehead atoms. The van der Waals surface area contributed by atoms with Crippen LogP contribution in [0.1, 0.15) is 25.7 Å². The lowest BCUT2D eigenvalue weighted by molar-refractivity contribution is -0.0519. The third kappa shape index (κ3) is 5.02. The Balaban J connectivity index is 1.52. The fraction of sp³-hybridized carbons (Fsp3) is 0.647. The third-order valence-corrected chi connectivity index (χ3v) is 8.81. The van der Waals surface area contributed by atoms with E-state index in [1.54, 1.807) is 18.2 Å². The van der Waals surface area contributed by atoms with Crippen LogP contribution in [0.2, 0.25) is 5.02 Å². The van der Waals surface area contributed by atoms with Crippen molar-refractivity contribution >= 4 is 31.6 Å². The number of nitrogens with zero attached hydrogens (tertiary/aromatic N) is 2. The van der Waals surface area contributed by atoms with Crippen LogP contribution in [0.4, 0.5) is 0 Å². The molecular formula is C17H25ClN2O5S2. The second-order valence-electron chi connectivity index (χ2n) is 7.03. The van der Waals surface area contributed by atoms with Crippen LogP contribution in [0.15, 0.2) is 29.2 Å². The first kappa shape index (κ1) is 21.0. The molecule has 2 heterocycles. The highest BCUT2D eigenvalue weighted by atomic mass is 35.5. The molecule has 152 valence electrons. The van der Waals surface area contributed by atoms with Gasteiger partial charge in [-0.25, -0.2) is 21.1 Å². The maximum Gasteiger partial charge on any atom is 0.244 e. The largest absolute Gasteiger partial charge is 0.375 e. The molecule has 0 aliphatic carbocycles. The van der Waals surface area contributed by atoms with Gasteiger partial charge in [0, 0.05) is 26.2 Å². The van der Waals surface area contributed by atoms with Crippen molar-refractivity contribution in [3.05, 3.63) is 29.3 Å². The van der Waals surface area contributed by atoms with E-state index in [4.69, 9.17) is 16.3 Å². The molecule has 1 aromatic carbocycles. The molecule has 10 heteroatoms. The van der Waals surface area contributed by atoms with Crippen molar-refractivity contribution in [1.82, 2.24) is 8.61 Å². The first-order valence-electron chi connectivity index (χ1n) is 9.03. The standard InChI is InChI=1S/C17H25ClN2O5S2/c1-26(21,22)19-10-6-14(7-11-19)25-15-8-12-20(13-9-15)27(23,24)17-5-3-2-4-16(17)18/h2-5,14-15H,6-13H2,1H3. The lowest BCUT2D eigenvalue weighted by Crippen LogP contribution is -2.44. The predicted molar refractivity (Wildman–Crippen MR) is 104 cm³/mol. The average Bonchev–Trinajstić information content (AvgIpc) is 2.62. The molecule has 0 spiro atoms. The van der Waals surface area contributed by atoms with Gasteiger partial charge in [0.25, 0.3) is 0 Å². The highest BCUT2D eigenvalue weighted by molar-refractivity contribution is 7.89. The molecule has 0 saturated carbocycles. The number of benzene rings is 1. The number of hydrogen-bond donors (Lipinski definition) is 0. The van der Waals surface area contributed by atoms with E-state index in [2.05, 4.69) is 0 Å². The molecular weight excluding hydrogens is 412 g/mol. The summed E-state index contributed by atoms with van der Waals surface area (Å²) >= 11 is 6.05. The molecule has 2 aliphatic rings. The Morgan fingerprint density at radius 3 is 1.85 bits per heavy atom. The summed E-state index contributed by atoms with van der Waals surface area (Å²) in [5, 5.41) is 0.230. The van der Waals surface area contributed by atoms with Crippen LogP contribution in [0.5, 0.6) is 0 Å². The molecule has 2 saturated heterocycles. The monoisotopic (exact) mass is 436 g/mol. The first-order chi connectivity index (χ1) is 12.7. The Bertz CT molecular complexity index is 859. The summed E-state index contributed by atoms with van der Waals surface area (Å²) in [6, 6.07) is 6.47. The zero-order valence-corrected chi connectivity index (χ0v) is 17.6. The maximum absolute atomic E-state index is 12.8. The Morgan fingerprint density at radius 2 is 1.37 bits per heavy atom. The van der Waals surface area contributed by atoms with Gasteiger partial charge in [-0.1, -0.05) is 23.7 Å². The Labute approximate surface area is 166 Å². The molecule has 27 heavy (non-hydrogen) atoms. The zero-order chi connectivity index (χ0) is 19.7. The summed E-state index contributed by atoms with van der Waals surface area (Å²) < 4.78 is 57.7. The summed E-state index contributed by atoms with van der Waals surface area (Å²) in [5.41, 5.74) is 0. The zero-order valence-electron chi connectivity index (χ0n) is 15.3. The summed E-state index contributed by atoms with van der Waals surface area (Å²) in [5.74, 6) is 0. The van der Waals surface area contributed by atoms with Gasteiger partial charge >= 0.3 is 0 Å². The molecule has 2 fully saturated rings. The molecule has 2 aliphatic heterocycles. The van der Waals surface area contributed by atoms with Crippen molar-refractivity contribution in [2.45, 2.75) is 42.8 Å². The normalized spacial score (nSPS) is 22.1. The van der Waals surface area contributed by atoms with E-state index < -0.39 is 20.0 Å². The number of halogens is 1. The van der Waals surface area contributed by atoms with E-state index in [0.717, 1.165) is 0 Å². The smallest absolute Gasteiger partial charge is 0.244 e. The van der Waals surface area contributed by atoms with Gasteiger partial charge in [0.05, 0.1) is 23.5 Å². The third-order valence-electron chi connectivity index (χ3n) is 5.11. The molecule has 0 radical (unpaired) electrons. The van der Waals surface area contributed by atoms with Crippen molar-refractivity contribution in [3.63, 3.8) is 0 Å². The Kier molecular flexibility index (Phi) is 6.49. The van der Waals surface area contributed by atoms with Gasteiger partial charge in [0.1, 0.15) is 4.90 Å². The second-order valence-corrected chi connectivity index (χ2v) is 11.3. The van der Waals surface area contributed by atoms with Gasteiger partial charge in [-0.2, -0.15) is 4.31 Å². The SMILES string of the molecule is CS(=O)(=O)N1CCC(OC2CCN(S(=O)(=O)c3ccccc3Cl)CC2)CC1. The maximum atomic E-state index is 12.8. The summed E-state index contributed by atoms with van der Waals surface area (Å²) in [7, 11) is -6.74. The topological polar surface area (TPSA) is 84.0 Å². The van der Waals surface area contributed by atoms with E-state index in [1.165, 1.54) is 20.9 Å². The minimum atomic E-state index is -3.60. The van der Waals surface area contributed by atoms with Gasteiger partial charge in [-0.05, 0) is 37.8 Å². The lowest BCUT2D eigenvalue weighted by atomic mass is 10.1. The molecule has 7 nitrogen and oxygen atoms in total. The first-order valence-corrected chi connectivity index (χ1v) is 12.7. The van der Waals surface area contributed by atoms with Crippen LogP contribution in [0.25, 0.3) is 0 Å². The van der Waals surface area contributed by atoms with Gasteiger partial charge in [-0.15, -0.1) is 0 Å². The quantitative estimate of drug-likeness (QED) is 0.704. The molecule has 3 rings (SSSR count). The minimum absolute atomic E-state index is 0.00233. The highest BCUT2D eigenvalue weighted by Gasteiger charge is 2.33. The summed E-state index contributed by atoms with van der Waals surface area (Å²) in [6.45, 7) is 1.73. The number of hydrogen-bond acceptors (Lipinski definition) is 5. The van der Waals surface area contributed by atoms with E-state index in [9.17, 15) is 16.8 Å². The molecule has 0 atom stereocenters. The van der Waals surface area contributed by atoms with E-state index in [1.807, 2.05) is 0 Å². The van der Waals surface area contributed by atoms with Crippen molar-refractivity contribution in [2.75, 3.05) is 32.4 Å². The molecule has 0 unspecified atom stereocenters. The Morgan fingerprint density at radius 1 is 0.889 bits per heavy atom. The number of piperidine rings is 2. The van der Waals surface area contributed by atoms with Crippen LogP contribution in [-0.2, 0) is 24.8 Å². The fourth-order valence-corrected chi connectivity index (χ4v) is 6.41. The number of rotatable bonds is 5. The van der Waals surface area contributed by atoms with Crippen molar-refractivity contribution in [2.24, 2.45) is 0 Å². The fourth-order valence-electron chi connectivity index (χ4n) is 3.57. The van der Waals surface area contributed by atoms with E-state index in [0.29, 0.717) is 51.9 Å². The second kappa shape index (κ2) is 8.34. The average molecular weight is 437 g/mol. The van der Waals surface area contributed by atoms with Crippen molar-refractivity contribution < 1.29 is 21.6 Å². The molecule has 0 amide bonds. The molecule has 1 aromatic rings. The van der Waals surface area contributed by atoms with Crippen LogP contribution in [-0.4, -0.2) is 70.1 Å². The van der Waals surface area contributed by atoms with Crippen LogP contribution < -0.4 is 0 Å². The summed E-state index contributed by atoms with van der Waals surface area (Å²) in [6.07, 6.45) is 3.84. The van der Waals surface area contributed by atoms with Crippen LogP contribution in [0, 0.1) is 0 Å². The van der Waals surface area contributed by atoms with Crippen molar-refractivity contribution in [1.29, 1.82) is 0 Å². The molecule has 0 N–H and O–H groups in total. The Hall–Kier alpha value is -0.710. The van der Waals surface area contributed by atoms with Crippen LogP contribution in [0.3, 0.4) is 0 Å². The predicted octanol–water partition coefficient (Wildman–Crippen LogP) is 1.93. The van der Waals surface area contributed by atoms with E-state index >= 15 is 0 Å². The van der Waals surface area contributed by atoms with Gasteiger partial charge in [-0.3, -0.25) is 0 Å². The van der Waals surface area contributed by atoms with Gasteiger partial charge in [0.15, 0.2) is 0 Å². The number of sulfonamides is 2. The van der Waals surface area contributed by atoms with Crippen LogP contribution >= 0.6 is 11.6 Å². The highest BCUT2D eigenvalue weighted by Crippen LogP contribution is 2.28. The molecule has 0 aromatic heterocycles. The van der Waals surface area contributed by atoms with Gasteiger partial charge < -0.3 is 4.74 Å². The van der Waals surface area contributed by atoms with Crippen molar-refractivity contribution in [3.8, 4) is 0 Å². The summed E-state index contributed by atoms with van der Waals surface area (Å²) in [4.78, 5) is 0.138. The van der Waals surface area contributed by atoms with E-state index in [-0.39, 0.29) is 22.1 Å². The van der Waals surface area contributed by atoms with Gasteiger partial charge in [0.2, 0.25) is 20.0 Å².